The average molecular weight is 518 g/mol. The number of hydrogen-bond acceptors (Lipinski definition) is 7. The maximum atomic E-state index is 12.8. The van der Waals surface area contributed by atoms with Crippen LogP contribution in [0, 0.1) is 12.3 Å². The summed E-state index contributed by atoms with van der Waals surface area (Å²) in [6.45, 7) is 2.34. The van der Waals surface area contributed by atoms with Gasteiger partial charge in [0.2, 0.25) is 5.17 Å². The Bertz CT molecular complexity index is 1470. The van der Waals surface area contributed by atoms with Gasteiger partial charge in [-0.05, 0) is 60.2 Å². The van der Waals surface area contributed by atoms with Gasteiger partial charge in [-0.25, -0.2) is 0 Å². The van der Waals surface area contributed by atoms with Crippen molar-refractivity contribution in [2.24, 2.45) is 10.1 Å². The van der Waals surface area contributed by atoms with Gasteiger partial charge in [-0.3, -0.25) is 15.2 Å². The second-order valence-corrected chi connectivity index (χ2v) is 9.34. The molecular formula is C26H20ClN5O3S. The third-order valence-electron chi connectivity index (χ3n) is 5.39. The van der Waals surface area contributed by atoms with E-state index in [1.165, 1.54) is 23.9 Å². The third kappa shape index (κ3) is 4.75. The first-order valence-electron chi connectivity index (χ1n) is 10.9. The molecule has 1 N–H and O–H groups in total. The zero-order valence-corrected chi connectivity index (χ0v) is 20.9. The highest BCUT2D eigenvalue weighted by molar-refractivity contribution is 8.27. The van der Waals surface area contributed by atoms with Gasteiger partial charge in [-0.2, -0.15) is 15.1 Å². The summed E-state index contributed by atoms with van der Waals surface area (Å²) in [5.74, 6) is 0.201. The van der Waals surface area contributed by atoms with Crippen LogP contribution in [0.3, 0.4) is 0 Å². The second kappa shape index (κ2) is 9.96. The molecule has 0 atom stereocenters. The van der Waals surface area contributed by atoms with E-state index >= 15 is 0 Å². The Morgan fingerprint density at radius 2 is 2.06 bits per heavy atom. The zero-order chi connectivity index (χ0) is 25.2. The van der Waals surface area contributed by atoms with Gasteiger partial charge in [-0.15, -0.1) is 0 Å². The highest BCUT2D eigenvalue weighted by Gasteiger charge is 2.36. The van der Waals surface area contributed by atoms with Gasteiger partial charge in [0.1, 0.15) is 11.7 Å². The molecule has 180 valence electrons. The van der Waals surface area contributed by atoms with Gasteiger partial charge in [0.05, 0.1) is 17.7 Å². The molecule has 36 heavy (non-hydrogen) atoms. The Labute approximate surface area is 216 Å². The minimum absolute atomic E-state index is 0.0775. The summed E-state index contributed by atoms with van der Waals surface area (Å²) < 4.78 is 11.5. The highest BCUT2D eigenvalue weighted by atomic mass is 35.5. The summed E-state index contributed by atoms with van der Waals surface area (Å²) in [5.41, 5.74) is 3.57. The van der Waals surface area contributed by atoms with E-state index in [0.29, 0.717) is 38.9 Å². The van der Waals surface area contributed by atoms with Crippen LogP contribution in [0.2, 0.25) is 5.02 Å². The molecule has 0 bridgehead atoms. The Balaban J connectivity index is 1.41. The fourth-order valence-electron chi connectivity index (χ4n) is 3.69. The van der Waals surface area contributed by atoms with Gasteiger partial charge < -0.3 is 9.47 Å². The minimum atomic E-state index is -0.531. The number of rotatable bonds is 6. The summed E-state index contributed by atoms with van der Waals surface area (Å²) in [4.78, 5) is 21.0. The van der Waals surface area contributed by atoms with Crippen molar-refractivity contribution in [2.45, 2.75) is 13.5 Å². The number of amides is 1. The van der Waals surface area contributed by atoms with Crippen LogP contribution in [0.4, 0.5) is 0 Å². The lowest BCUT2D eigenvalue weighted by Gasteiger charge is -2.20. The van der Waals surface area contributed by atoms with Gasteiger partial charge in [-0.1, -0.05) is 41.4 Å². The van der Waals surface area contributed by atoms with E-state index < -0.39 is 5.91 Å². The number of hydrazone groups is 1. The zero-order valence-electron chi connectivity index (χ0n) is 19.4. The molecule has 10 heteroatoms. The first kappa shape index (κ1) is 23.8. The number of aromatic nitrogens is 1. The summed E-state index contributed by atoms with van der Waals surface area (Å²) in [7, 11) is 1.52. The van der Waals surface area contributed by atoms with E-state index in [4.69, 9.17) is 26.5 Å². The Hall–Kier alpha value is -3.95. The molecule has 5 rings (SSSR count). The van der Waals surface area contributed by atoms with E-state index in [2.05, 4.69) is 15.1 Å². The van der Waals surface area contributed by atoms with Crippen molar-refractivity contribution in [1.29, 1.82) is 5.41 Å². The molecule has 0 saturated carbocycles. The first-order chi connectivity index (χ1) is 17.4. The van der Waals surface area contributed by atoms with E-state index in [1.54, 1.807) is 36.7 Å². The van der Waals surface area contributed by atoms with Crippen LogP contribution >= 0.6 is 23.4 Å². The number of nitrogens with one attached hydrogen (secondary N) is 1. The fourth-order valence-corrected chi connectivity index (χ4v) is 4.84. The predicted octanol–water partition coefficient (Wildman–Crippen LogP) is 5.30. The van der Waals surface area contributed by atoms with Crippen molar-refractivity contribution in [1.82, 2.24) is 9.99 Å². The summed E-state index contributed by atoms with van der Waals surface area (Å²) in [6.07, 6.45) is 4.88. The van der Waals surface area contributed by atoms with E-state index in [9.17, 15) is 4.79 Å². The highest BCUT2D eigenvalue weighted by Crippen LogP contribution is 2.38. The molecule has 1 aromatic heterocycles. The topological polar surface area (TPSA) is 100 Å². The molecular weight excluding hydrogens is 498 g/mol. The molecule has 2 aliphatic heterocycles. The molecule has 8 nitrogen and oxygen atoms in total. The molecule has 0 fully saturated rings. The van der Waals surface area contributed by atoms with E-state index in [1.807, 2.05) is 37.3 Å². The smallest absolute Gasteiger partial charge is 0.283 e. The standard InChI is InChI=1S/C26H20ClN5O3S/c1-15-5-3-6-16(9-15)14-35-22-20(27)11-17(12-21(22)34-2)10-19-23(28)32-26(30-24(19)33)36-25(31-32)18-7-4-8-29-13-18/h3-13,28H,14H2,1-2H3/b19-10-,28-23?. The molecule has 0 aliphatic carbocycles. The van der Waals surface area contributed by atoms with E-state index in [0.717, 1.165) is 16.7 Å². The lowest BCUT2D eigenvalue weighted by atomic mass is 10.1. The van der Waals surface area contributed by atoms with Crippen molar-refractivity contribution in [2.75, 3.05) is 7.11 Å². The quantitative estimate of drug-likeness (QED) is 0.445. The Kier molecular flexibility index (Phi) is 6.58. The maximum absolute atomic E-state index is 12.8. The minimum Gasteiger partial charge on any atom is -0.493 e. The van der Waals surface area contributed by atoms with Gasteiger partial charge >= 0.3 is 0 Å². The number of carbonyl (C=O) groups excluding carboxylic acids is 1. The van der Waals surface area contributed by atoms with Gasteiger partial charge in [0.15, 0.2) is 17.3 Å². The van der Waals surface area contributed by atoms with Gasteiger partial charge in [0, 0.05) is 18.0 Å². The van der Waals surface area contributed by atoms with Crippen LogP contribution in [0.5, 0.6) is 11.5 Å². The van der Waals surface area contributed by atoms with Crippen molar-refractivity contribution in [3.63, 3.8) is 0 Å². The predicted molar refractivity (Wildman–Crippen MR) is 142 cm³/mol. The number of amidine groups is 2. The average Bonchev–Trinajstić information content (AvgIpc) is 3.30. The third-order valence-corrected chi connectivity index (χ3v) is 6.63. The van der Waals surface area contributed by atoms with Crippen molar-refractivity contribution < 1.29 is 14.3 Å². The van der Waals surface area contributed by atoms with Crippen molar-refractivity contribution in [3.8, 4) is 11.5 Å². The number of methoxy groups -OCH3 is 1. The SMILES string of the molecule is COc1cc(/C=C2/C(=N)N3N=C(c4cccnc4)SC3=NC2=O)cc(Cl)c1OCc1cccc(C)c1. The first-order valence-corrected chi connectivity index (χ1v) is 12.1. The number of benzene rings is 2. The largest absolute Gasteiger partial charge is 0.493 e. The number of pyridine rings is 1. The molecule has 0 radical (unpaired) electrons. The monoisotopic (exact) mass is 517 g/mol. The molecule has 0 saturated heterocycles. The number of nitrogens with zero attached hydrogens (tertiary/aromatic N) is 4. The maximum Gasteiger partial charge on any atom is 0.283 e. The molecule has 2 aliphatic rings. The van der Waals surface area contributed by atoms with Crippen LogP contribution < -0.4 is 9.47 Å². The molecule has 3 aromatic rings. The Morgan fingerprint density at radius 3 is 2.81 bits per heavy atom. The number of ether oxygens (including phenoxy) is 2. The lowest BCUT2D eigenvalue weighted by Crippen LogP contribution is -2.35. The summed E-state index contributed by atoms with van der Waals surface area (Å²) >= 11 is 7.75. The van der Waals surface area contributed by atoms with Gasteiger partial charge in [0.25, 0.3) is 5.91 Å². The van der Waals surface area contributed by atoms with Crippen LogP contribution in [0.1, 0.15) is 22.3 Å². The normalized spacial score (nSPS) is 16.1. The molecule has 3 heterocycles. The molecule has 0 spiro atoms. The van der Waals surface area contributed by atoms with Crippen LogP contribution in [0.25, 0.3) is 6.08 Å². The number of fused-ring (bicyclic) bond motifs is 1. The Morgan fingerprint density at radius 1 is 1.19 bits per heavy atom. The van der Waals surface area contributed by atoms with Crippen molar-refractivity contribution >= 4 is 51.4 Å². The summed E-state index contributed by atoms with van der Waals surface area (Å²) in [5, 5.41) is 15.7. The number of aryl methyl sites for hydroxylation is 1. The molecule has 1 amide bonds. The van der Waals surface area contributed by atoms with Crippen LogP contribution in [-0.4, -0.2) is 39.1 Å². The lowest BCUT2D eigenvalue weighted by molar-refractivity contribution is -0.114. The molecule has 0 unspecified atom stereocenters. The van der Waals surface area contributed by atoms with Crippen molar-refractivity contribution in [3.05, 3.63) is 93.8 Å². The number of hydrogen-bond donors (Lipinski definition) is 1. The van der Waals surface area contributed by atoms with Crippen LogP contribution in [-0.2, 0) is 11.4 Å². The number of carbonyl (C=O) groups is 1. The second-order valence-electron chi connectivity index (χ2n) is 7.98. The van der Waals surface area contributed by atoms with Crippen LogP contribution in [0.15, 0.2) is 76.6 Å². The number of thioether (sulfide) groups is 1. The number of halogens is 1. The molecule has 2 aromatic carbocycles. The van der Waals surface area contributed by atoms with E-state index in [-0.39, 0.29) is 11.4 Å². The summed E-state index contributed by atoms with van der Waals surface area (Å²) in [6, 6.07) is 15.0. The number of aliphatic imine (C=N–C) groups is 1. The fraction of sp³-hybridized carbons (Fsp3) is 0.115.